The molecule has 2 fully saturated rings. The number of aromatic nitrogens is 1. The second-order valence-electron chi connectivity index (χ2n) is 8.11. The maximum atomic E-state index is 9.40. The van der Waals surface area contributed by atoms with E-state index in [2.05, 4.69) is 58.1 Å². The Kier molecular flexibility index (Phi) is 5.13. The van der Waals surface area contributed by atoms with E-state index >= 15 is 0 Å². The highest BCUT2D eigenvalue weighted by Crippen LogP contribution is 2.45. The van der Waals surface area contributed by atoms with E-state index in [9.17, 15) is 5.26 Å². The van der Waals surface area contributed by atoms with Gasteiger partial charge in [-0.3, -0.25) is 0 Å². The Labute approximate surface area is 162 Å². The number of rotatable bonds is 3. The van der Waals surface area contributed by atoms with E-state index in [1.807, 2.05) is 12.1 Å². The van der Waals surface area contributed by atoms with Crippen LogP contribution in [0, 0.1) is 16.7 Å². The van der Waals surface area contributed by atoms with Crippen LogP contribution in [0.3, 0.4) is 0 Å². The summed E-state index contributed by atoms with van der Waals surface area (Å²) in [5, 5.41) is 9.40. The summed E-state index contributed by atoms with van der Waals surface area (Å²) < 4.78 is 0. The molecule has 0 N–H and O–H groups in total. The molecule has 27 heavy (non-hydrogen) atoms. The monoisotopic (exact) mass is 360 g/mol. The van der Waals surface area contributed by atoms with E-state index < -0.39 is 0 Å². The molecule has 140 valence electrons. The molecule has 1 aromatic carbocycles. The highest BCUT2D eigenvalue weighted by molar-refractivity contribution is 5.53. The van der Waals surface area contributed by atoms with E-state index in [1.54, 1.807) is 6.20 Å². The predicted molar refractivity (Wildman–Crippen MR) is 109 cm³/mol. The molecule has 1 aromatic heterocycles. The Morgan fingerprint density at radius 1 is 1.15 bits per heavy atom. The van der Waals surface area contributed by atoms with Gasteiger partial charge in [0.1, 0.15) is 11.9 Å². The molecule has 0 bridgehead atoms. The number of pyridine rings is 1. The molecule has 2 aliphatic heterocycles. The molecule has 2 aromatic rings. The van der Waals surface area contributed by atoms with Crippen LogP contribution in [-0.2, 0) is 0 Å². The number of likely N-dealkylation sites (tertiary alicyclic amines) is 1. The van der Waals surface area contributed by atoms with E-state index in [1.165, 1.54) is 37.9 Å². The first kappa shape index (κ1) is 18.0. The summed E-state index contributed by atoms with van der Waals surface area (Å²) in [6.07, 6.45) is 5.42. The van der Waals surface area contributed by atoms with Crippen molar-refractivity contribution in [2.75, 3.05) is 37.6 Å². The zero-order valence-corrected chi connectivity index (χ0v) is 16.1. The molecule has 4 heteroatoms. The molecule has 0 amide bonds. The average molecular weight is 361 g/mol. The van der Waals surface area contributed by atoms with Gasteiger partial charge in [-0.25, -0.2) is 4.98 Å². The highest BCUT2D eigenvalue weighted by Gasteiger charge is 2.42. The van der Waals surface area contributed by atoms with Gasteiger partial charge in [0.2, 0.25) is 0 Å². The third kappa shape index (κ3) is 3.70. The average Bonchev–Trinajstić information content (AvgIpc) is 2.74. The number of likely N-dealkylation sites (N-methyl/N-ethyl adjacent to an activating group) is 1. The van der Waals surface area contributed by atoms with E-state index in [0.29, 0.717) is 16.9 Å². The van der Waals surface area contributed by atoms with Crippen molar-refractivity contribution in [3.8, 4) is 6.07 Å². The topological polar surface area (TPSA) is 43.2 Å². The SMILES string of the molecule is CCN1C[C@@H](c2ccccc2)CC2(CCN(c3ncccc3C#N)CC2)C1. The van der Waals surface area contributed by atoms with Gasteiger partial charge in [0.25, 0.3) is 0 Å². The van der Waals surface area contributed by atoms with Crippen LogP contribution in [0.4, 0.5) is 5.82 Å². The minimum absolute atomic E-state index is 0.382. The van der Waals surface area contributed by atoms with E-state index in [-0.39, 0.29) is 0 Å². The Balaban J connectivity index is 1.51. The van der Waals surface area contributed by atoms with Gasteiger partial charge in [0, 0.05) is 32.4 Å². The molecule has 0 radical (unpaired) electrons. The summed E-state index contributed by atoms with van der Waals surface area (Å²) in [6, 6.07) is 17.0. The van der Waals surface area contributed by atoms with E-state index in [0.717, 1.165) is 25.5 Å². The Morgan fingerprint density at radius 2 is 1.93 bits per heavy atom. The van der Waals surface area contributed by atoms with Gasteiger partial charge >= 0.3 is 0 Å². The lowest BCUT2D eigenvalue weighted by Gasteiger charge is -2.50. The van der Waals surface area contributed by atoms with Crippen molar-refractivity contribution in [2.24, 2.45) is 5.41 Å². The molecule has 4 rings (SSSR count). The predicted octanol–water partition coefficient (Wildman–Crippen LogP) is 4.05. The second kappa shape index (κ2) is 7.70. The molecule has 2 aliphatic rings. The fourth-order valence-corrected chi connectivity index (χ4v) is 4.98. The first-order valence-corrected chi connectivity index (χ1v) is 10.1. The fraction of sp³-hybridized carbons (Fsp3) is 0.478. The molecule has 1 spiro atoms. The summed E-state index contributed by atoms with van der Waals surface area (Å²) in [4.78, 5) is 9.44. The Morgan fingerprint density at radius 3 is 2.63 bits per heavy atom. The van der Waals surface area contributed by atoms with Gasteiger partial charge < -0.3 is 9.80 Å². The lowest BCUT2D eigenvalue weighted by Crippen LogP contribution is -2.51. The molecule has 1 atom stereocenters. The first-order chi connectivity index (χ1) is 13.2. The number of benzene rings is 1. The molecule has 0 unspecified atom stereocenters. The fourth-order valence-electron chi connectivity index (χ4n) is 4.98. The Hall–Kier alpha value is -2.38. The normalized spacial score (nSPS) is 22.5. The molecule has 0 aliphatic carbocycles. The zero-order chi connectivity index (χ0) is 18.7. The van der Waals surface area contributed by atoms with Crippen LogP contribution in [0.15, 0.2) is 48.7 Å². The van der Waals surface area contributed by atoms with Gasteiger partial charge in [-0.15, -0.1) is 0 Å². The third-order valence-electron chi connectivity index (χ3n) is 6.47. The third-order valence-corrected chi connectivity index (χ3v) is 6.47. The summed E-state index contributed by atoms with van der Waals surface area (Å²) >= 11 is 0. The van der Waals surface area contributed by atoms with Crippen LogP contribution in [0.5, 0.6) is 0 Å². The lowest BCUT2D eigenvalue weighted by atomic mass is 9.68. The molecule has 4 nitrogen and oxygen atoms in total. The number of anilines is 1. The van der Waals surface area contributed by atoms with Crippen molar-refractivity contribution in [2.45, 2.75) is 32.1 Å². The molecule has 2 saturated heterocycles. The molecule has 3 heterocycles. The summed E-state index contributed by atoms with van der Waals surface area (Å²) in [5.74, 6) is 1.48. The largest absolute Gasteiger partial charge is 0.355 e. The van der Waals surface area contributed by atoms with Gasteiger partial charge in [0.05, 0.1) is 5.56 Å². The van der Waals surface area contributed by atoms with Gasteiger partial charge in [-0.05, 0) is 54.8 Å². The molecular formula is C23H28N4. The molecule has 0 saturated carbocycles. The minimum atomic E-state index is 0.382. The van der Waals surface area contributed by atoms with Crippen molar-refractivity contribution in [3.05, 3.63) is 59.8 Å². The highest BCUT2D eigenvalue weighted by atomic mass is 15.2. The number of nitriles is 1. The summed E-state index contributed by atoms with van der Waals surface area (Å²) in [6.45, 7) is 7.76. The molecular weight excluding hydrogens is 332 g/mol. The van der Waals surface area contributed by atoms with Crippen molar-refractivity contribution in [3.63, 3.8) is 0 Å². The maximum absolute atomic E-state index is 9.40. The standard InChI is InChI=1S/C23H28N4/c1-2-26-17-21(19-7-4-3-5-8-19)15-23(18-26)10-13-27(14-11-23)22-20(16-24)9-6-12-25-22/h3-9,12,21H,2,10-11,13-15,17-18H2,1H3/t21-/m0/s1. The van der Waals surface area contributed by atoms with Gasteiger partial charge in [-0.1, -0.05) is 37.3 Å². The summed E-state index contributed by atoms with van der Waals surface area (Å²) in [7, 11) is 0. The van der Waals surface area contributed by atoms with Crippen molar-refractivity contribution in [1.29, 1.82) is 5.26 Å². The van der Waals surface area contributed by atoms with Crippen LogP contribution < -0.4 is 4.90 Å². The van der Waals surface area contributed by atoms with E-state index in [4.69, 9.17) is 0 Å². The van der Waals surface area contributed by atoms with Crippen LogP contribution >= 0.6 is 0 Å². The van der Waals surface area contributed by atoms with Crippen LogP contribution in [0.25, 0.3) is 0 Å². The van der Waals surface area contributed by atoms with Crippen molar-refractivity contribution >= 4 is 5.82 Å². The minimum Gasteiger partial charge on any atom is -0.355 e. The van der Waals surface area contributed by atoms with Gasteiger partial charge in [-0.2, -0.15) is 5.26 Å². The van der Waals surface area contributed by atoms with Crippen LogP contribution in [-0.4, -0.2) is 42.6 Å². The number of piperidine rings is 2. The zero-order valence-electron chi connectivity index (χ0n) is 16.1. The number of hydrogen-bond donors (Lipinski definition) is 0. The van der Waals surface area contributed by atoms with Gasteiger partial charge in [0.15, 0.2) is 0 Å². The Bertz CT molecular complexity index is 803. The maximum Gasteiger partial charge on any atom is 0.146 e. The summed E-state index contributed by atoms with van der Waals surface area (Å²) in [5.41, 5.74) is 2.55. The lowest BCUT2D eigenvalue weighted by molar-refractivity contribution is 0.0543. The quantitative estimate of drug-likeness (QED) is 0.828. The smallest absolute Gasteiger partial charge is 0.146 e. The second-order valence-corrected chi connectivity index (χ2v) is 8.11. The number of nitrogens with zero attached hydrogens (tertiary/aromatic N) is 4. The van der Waals surface area contributed by atoms with Crippen LogP contribution in [0.1, 0.15) is 43.2 Å². The van der Waals surface area contributed by atoms with Crippen molar-refractivity contribution in [1.82, 2.24) is 9.88 Å². The number of hydrogen-bond acceptors (Lipinski definition) is 4. The van der Waals surface area contributed by atoms with Crippen LogP contribution in [0.2, 0.25) is 0 Å². The first-order valence-electron chi connectivity index (χ1n) is 10.1. The van der Waals surface area contributed by atoms with Crippen molar-refractivity contribution < 1.29 is 0 Å².